The van der Waals surface area contributed by atoms with Gasteiger partial charge in [0.05, 0.1) is 0 Å². The molecule has 1 heterocycles. The standard InChI is InChI=1S/C16H15NO2/c1-11-5-7-12(8-6-11)17-14-3-2-4-15(18)13(14)9-10-16(17)19/h5-10H,2-4H2,1H3. The summed E-state index contributed by atoms with van der Waals surface area (Å²) < 4.78 is 1.67. The number of hydrogen-bond acceptors (Lipinski definition) is 2. The highest BCUT2D eigenvalue weighted by molar-refractivity contribution is 5.98. The summed E-state index contributed by atoms with van der Waals surface area (Å²) in [6.07, 6.45) is 2.19. The van der Waals surface area contributed by atoms with E-state index < -0.39 is 0 Å². The molecule has 3 rings (SSSR count). The number of rotatable bonds is 1. The lowest BCUT2D eigenvalue weighted by molar-refractivity contribution is 0.0971. The topological polar surface area (TPSA) is 39.1 Å². The summed E-state index contributed by atoms with van der Waals surface area (Å²) in [4.78, 5) is 24.1. The van der Waals surface area contributed by atoms with Gasteiger partial charge < -0.3 is 0 Å². The second-order valence-electron chi connectivity index (χ2n) is 4.98. The third kappa shape index (κ3) is 2.01. The molecule has 1 aromatic carbocycles. The maximum absolute atomic E-state index is 12.1. The molecule has 0 radical (unpaired) electrons. The quantitative estimate of drug-likeness (QED) is 0.783. The molecule has 3 heteroatoms. The van der Waals surface area contributed by atoms with Gasteiger partial charge >= 0.3 is 0 Å². The highest BCUT2D eigenvalue weighted by Crippen LogP contribution is 2.22. The minimum absolute atomic E-state index is 0.0719. The van der Waals surface area contributed by atoms with Crippen molar-refractivity contribution in [3.05, 3.63) is 63.6 Å². The Kier molecular flexibility index (Phi) is 2.82. The van der Waals surface area contributed by atoms with Crippen LogP contribution in [0.3, 0.4) is 0 Å². The molecule has 0 amide bonds. The van der Waals surface area contributed by atoms with Crippen LogP contribution >= 0.6 is 0 Å². The van der Waals surface area contributed by atoms with Gasteiger partial charge in [-0.3, -0.25) is 14.2 Å². The Morgan fingerprint density at radius 1 is 0.947 bits per heavy atom. The molecule has 0 aliphatic heterocycles. The minimum atomic E-state index is -0.0719. The van der Waals surface area contributed by atoms with Crippen LogP contribution in [0.15, 0.2) is 41.2 Å². The normalized spacial score (nSPS) is 14.3. The van der Waals surface area contributed by atoms with Crippen LogP contribution in [-0.2, 0) is 6.42 Å². The van der Waals surface area contributed by atoms with E-state index in [2.05, 4.69) is 0 Å². The van der Waals surface area contributed by atoms with E-state index in [1.807, 2.05) is 31.2 Å². The number of aryl methyl sites for hydroxylation is 1. The van der Waals surface area contributed by atoms with Gasteiger partial charge in [0, 0.05) is 29.4 Å². The van der Waals surface area contributed by atoms with Crippen LogP contribution in [0.2, 0.25) is 0 Å². The largest absolute Gasteiger partial charge is 0.294 e. The average molecular weight is 253 g/mol. The van der Waals surface area contributed by atoms with Crippen LogP contribution in [0.4, 0.5) is 0 Å². The third-order valence-corrected chi connectivity index (χ3v) is 3.60. The van der Waals surface area contributed by atoms with Crippen LogP contribution in [0.5, 0.6) is 0 Å². The highest BCUT2D eigenvalue weighted by atomic mass is 16.1. The molecule has 0 spiro atoms. The fourth-order valence-corrected chi connectivity index (χ4v) is 2.61. The van der Waals surface area contributed by atoms with E-state index in [0.29, 0.717) is 12.0 Å². The molecule has 3 nitrogen and oxygen atoms in total. The zero-order valence-electron chi connectivity index (χ0n) is 10.8. The second kappa shape index (κ2) is 4.50. The SMILES string of the molecule is Cc1ccc(-n2c3c(ccc2=O)C(=O)CCC3)cc1. The molecule has 2 aromatic rings. The van der Waals surface area contributed by atoms with E-state index in [1.165, 1.54) is 6.07 Å². The Morgan fingerprint density at radius 3 is 2.42 bits per heavy atom. The number of aromatic nitrogens is 1. The molecular weight excluding hydrogens is 238 g/mol. The summed E-state index contributed by atoms with van der Waals surface area (Å²) in [5.74, 6) is 0.141. The van der Waals surface area contributed by atoms with Gasteiger partial charge in [-0.1, -0.05) is 17.7 Å². The monoisotopic (exact) mass is 253 g/mol. The number of carbonyl (C=O) groups excluding carboxylic acids is 1. The van der Waals surface area contributed by atoms with Crippen LogP contribution < -0.4 is 5.56 Å². The van der Waals surface area contributed by atoms with Gasteiger partial charge in [0.1, 0.15) is 0 Å². The van der Waals surface area contributed by atoms with E-state index in [9.17, 15) is 9.59 Å². The second-order valence-corrected chi connectivity index (χ2v) is 4.98. The lowest BCUT2D eigenvalue weighted by atomic mass is 9.94. The van der Waals surface area contributed by atoms with Gasteiger partial charge in [0.25, 0.3) is 5.56 Å². The van der Waals surface area contributed by atoms with Gasteiger partial charge in [-0.15, -0.1) is 0 Å². The number of Topliss-reactive ketones (excluding diaryl/α,β-unsaturated/α-hetero) is 1. The summed E-state index contributed by atoms with van der Waals surface area (Å²) >= 11 is 0. The predicted octanol–water partition coefficient (Wildman–Crippen LogP) is 2.66. The number of pyridine rings is 1. The Labute approximate surface area is 111 Å². The fraction of sp³-hybridized carbons (Fsp3) is 0.250. The zero-order chi connectivity index (χ0) is 13.4. The van der Waals surface area contributed by atoms with E-state index in [0.717, 1.165) is 29.8 Å². The van der Waals surface area contributed by atoms with Crippen molar-refractivity contribution >= 4 is 5.78 Å². The molecule has 1 aliphatic rings. The van der Waals surface area contributed by atoms with Crippen molar-refractivity contribution in [2.75, 3.05) is 0 Å². The van der Waals surface area contributed by atoms with Crippen LogP contribution in [0.1, 0.15) is 34.5 Å². The lowest BCUT2D eigenvalue weighted by Crippen LogP contribution is -2.26. The molecule has 0 fully saturated rings. The first-order chi connectivity index (χ1) is 9.16. The first-order valence-electron chi connectivity index (χ1n) is 6.52. The maximum Gasteiger partial charge on any atom is 0.255 e. The Morgan fingerprint density at radius 2 is 1.68 bits per heavy atom. The lowest BCUT2D eigenvalue weighted by Gasteiger charge is -2.20. The summed E-state index contributed by atoms with van der Waals surface area (Å²) in [6, 6.07) is 11.0. The molecule has 0 bridgehead atoms. The fourth-order valence-electron chi connectivity index (χ4n) is 2.61. The minimum Gasteiger partial charge on any atom is -0.294 e. The van der Waals surface area contributed by atoms with E-state index in [1.54, 1.807) is 10.6 Å². The van der Waals surface area contributed by atoms with Crippen LogP contribution in [-0.4, -0.2) is 10.4 Å². The van der Waals surface area contributed by atoms with Crippen LogP contribution in [0.25, 0.3) is 5.69 Å². The van der Waals surface area contributed by atoms with Gasteiger partial charge in [-0.05, 0) is 38.0 Å². The molecule has 1 aliphatic carbocycles. The van der Waals surface area contributed by atoms with Gasteiger partial charge in [0.2, 0.25) is 0 Å². The molecule has 0 unspecified atom stereocenters. The number of hydrogen-bond donors (Lipinski definition) is 0. The van der Waals surface area contributed by atoms with Crippen molar-refractivity contribution in [1.82, 2.24) is 4.57 Å². The highest BCUT2D eigenvalue weighted by Gasteiger charge is 2.21. The number of fused-ring (bicyclic) bond motifs is 1. The molecule has 1 aromatic heterocycles. The van der Waals surface area contributed by atoms with Crippen LogP contribution in [0, 0.1) is 6.92 Å². The Balaban J connectivity index is 2.26. The molecule has 0 saturated heterocycles. The number of ketones is 1. The van der Waals surface area contributed by atoms with Crippen molar-refractivity contribution in [1.29, 1.82) is 0 Å². The number of carbonyl (C=O) groups is 1. The molecule has 0 atom stereocenters. The van der Waals surface area contributed by atoms with E-state index in [-0.39, 0.29) is 11.3 Å². The van der Waals surface area contributed by atoms with Crippen molar-refractivity contribution in [2.24, 2.45) is 0 Å². The molecule has 96 valence electrons. The zero-order valence-corrected chi connectivity index (χ0v) is 10.8. The maximum atomic E-state index is 12.1. The first-order valence-corrected chi connectivity index (χ1v) is 6.52. The van der Waals surface area contributed by atoms with E-state index in [4.69, 9.17) is 0 Å². The summed E-state index contributed by atoms with van der Waals surface area (Å²) in [7, 11) is 0. The summed E-state index contributed by atoms with van der Waals surface area (Å²) in [5.41, 5.74) is 3.47. The van der Waals surface area contributed by atoms with Gasteiger partial charge in [-0.2, -0.15) is 0 Å². The smallest absolute Gasteiger partial charge is 0.255 e. The average Bonchev–Trinajstić information content (AvgIpc) is 2.40. The molecular formula is C16H15NO2. The Bertz CT molecular complexity index is 696. The van der Waals surface area contributed by atoms with Gasteiger partial charge in [0.15, 0.2) is 5.78 Å². The van der Waals surface area contributed by atoms with Crippen molar-refractivity contribution < 1.29 is 4.79 Å². The van der Waals surface area contributed by atoms with E-state index >= 15 is 0 Å². The number of benzene rings is 1. The third-order valence-electron chi connectivity index (χ3n) is 3.60. The van der Waals surface area contributed by atoms with Crippen molar-refractivity contribution in [3.63, 3.8) is 0 Å². The van der Waals surface area contributed by atoms with Crippen molar-refractivity contribution in [2.45, 2.75) is 26.2 Å². The Hall–Kier alpha value is -2.16. The molecule has 0 N–H and O–H groups in total. The first kappa shape index (κ1) is 11.9. The molecule has 19 heavy (non-hydrogen) atoms. The summed E-state index contributed by atoms with van der Waals surface area (Å²) in [5, 5.41) is 0. The predicted molar refractivity (Wildman–Crippen MR) is 74.0 cm³/mol. The summed E-state index contributed by atoms with van der Waals surface area (Å²) in [6.45, 7) is 2.01. The van der Waals surface area contributed by atoms with Crippen molar-refractivity contribution in [3.8, 4) is 5.69 Å². The molecule has 0 saturated carbocycles. The number of nitrogens with zero attached hydrogens (tertiary/aromatic N) is 1. The van der Waals surface area contributed by atoms with Gasteiger partial charge in [-0.25, -0.2) is 0 Å².